The fraction of sp³-hybridized carbons (Fsp3) is 1.00. The molecule has 4 saturated carbocycles. The summed E-state index contributed by atoms with van der Waals surface area (Å²) in [6, 6.07) is 0. The Bertz CT molecular complexity index is 422. The molecular formula is C19H32O2. The van der Waals surface area contributed by atoms with Gasteiger partial charge in [-0.3, -0.25) is 0 Å². The Morgan fingerprint density at radius 3 is 2.29 bits per heavy atom. The van der Waals surface area contributed by atoms with Gasteiger partial charge in [0.2, 0.25) is 0 Å². The third-order valence-corrected chi connectivity index (χ3v) is 8.59. The summed E-state index contributed by atoms with van der Waals surface area (Å²) >= 11 is 0. The Morgan fingerprint density at radius 2 is 1.48 bits per heavy atom. The van der Waals surface area contributed by atoms with Crippen molar-refractivity contribution >= 4 is 0 Å². The molecule has 0 radical (unpaired) electrons. The zero-order chi connectivity index (χ0) is 14.8. The van der Waals surface area contributed by atoms with Gasteiger partial charge in [0.15, 0.2) is 0 Å². The van der Waals surface area contributed by atoms with Gasteiger partial charge in [0.05, 0.1) is 12.2 Å². The molecule has 2 N–H and O–H groups in total. The van der Waals surface area contributed by atoms with E-state index in [1.807, 2.05) is 0 Å². The molecule has 21 heavy (non-hydrogen) atoms. The van der Waals surface area contributed by atoms with Crippen LogP contribution in [0.5, 0.6) is 0 Å². The number of fused-ring (bicyclic) bond motifs is 5. The van der Waals surface area contributed by atoms with Crippen LogP contribution in [0.15, 0.2) is 0 Å². The minimum atomic E-state index is -0.0536. The van der Waals surface area contributed by atoms with Crippen molar-refractivity contribution in [1.82, 2.24) is 0 Å². The Labute approximate surface area is 129 Å². The van der Waals surface area contributed by atoms with E-state index in [9.17, 15) is 10.2 Å². The smallest absolute Gasteiger partial charge is 0.0596 e. The van der Waals surface area contributed by atoms with E-state index in [4.69, 9.17) is 0 Å². The molecule has 0 heterocycles. The largest absolute Gasteiger partial charge is 0.393 e. The Kier molecular flexibility index (Phi) is 3.25. The SMILES string of the molecule is C[C@]12CC[C@@H](O)C[C@@H]1CC[C@H]1[C@H]2CC[C@]2(C)[C@@H](O)CC[C@@H]12. The summed E-state index contributed by atoms with van der Waals surface area (Å²) in [4.78, 5) is 0. The van der Waals surface area contributed by atoms with E-state index < -0.39 is 0 Å². The van der Waals surface area contributed by atoms with Gasteiger partial charge in [-0.15, -0.1) is 0 Å². The lowest BCUT2D eigenvalue weighted by Crippen LogP contribution is -2.54. The Morgan fingerprint density at radius 1 is 0.762 bits per heavy atom. The molecule has 8 atom stereocenters. The molecule has 0 bridgehead atoms. The standard InChI is InChI=1S/C19H32O2/c1-18-9-7-13(20)11-12(18)3-4-14-15-5-6-17(21)19(15,2)10-8-16(14)18/h12-17,20-21H,3-11H2,1-2H3/t12-,13+,14+,15-,16+,17-,18-,19-/m0/s1. The predicted octanol–water partition coefficient (Wildman–Crippen LogP) is 3.75. The Hall–Kier alpha value is -0.0800. The molecule has 0 aromatic carbocycles. The molecule has 0 aromatic heterocycles. The van der Waals surface area contributed by atoms with Crippen LogP contribution < -0.4 is 0 Å². The van der Waals surface area contributed by atoms with Gasteiger partial charge < -0.3 is 10.2 Å². The summed E-state index contributed by atoms with van der Waals surface area (Å²) in [5.74, 6) is 3.21. The first-order valence-corrected chi connectivity index (χ1v) is 9.31. The number of hydrogen-bond donors (Lipinski definition) is 2. The van der Waals surface area contributed by atoms with E-state index in [-0.39, 0.29) is 17.6 Å². The first-order chi connectivity index (χ1) is 9.95. The molecule has 0 unspecified atom stereocenters. The van der Waals surface area contributed by atoms with E-state index in [0.29, 0.717) is 5.41 Å². The van der Waals surface area contributed by atoms with Gasteiger partial charge in [0, 0.05) is 0 Å². The maximum absolute atomic E-state index is 10.5. The van der Waals surface area contributed by atoms with Crippen molar-refractivity contribution in [2.24, 2.45) is 34.5 Å². The number of aliphatic hydroxyl groups excluding tert-OH is 2. The highest BCUT2D eigenvalue weighted by atomic mass is 16.3. The highest BCUT2D eigenvalue weighted by Crippen LogP contribution is 2.66. The second kappa shape index (κ2) is 4.71. The van der Waals surface area contributed by atoms with Gasteiger partial charge in [-0.1, -0.05) is 13.8 Å². The zero-order valence-electron chi connectivity index (χ0n) is 13.7. The highest BCUT2D eigenvalue weighted by Gasteiger charge is 2.59. The Balaban J connectivity index is 1.62. The van der Waals surface area contributed by atoms with Gasteiger partial charge in [-0.25, -0.2) is 0 Å². The van der Waals surface area contributed by atoms with Crippen LogP contribution in [0.25, 0.3) is 0 Å². The third kappa shape index (κ3) is 1.91. The van der Waals surface area contributed by atoms with E-state index >= 15 is 0 Å². The predicted molar refractivity (Wildman–Crippen MR) is 83.7 cm³/mol. The van der Waals surface area contributed by atoms with E-state index in [0.717, 1.165) is 42.9 Å². The van der Waals surface area contributed by atoms with Crippen molar-refractivity contribution in [3.8, 4) is 0 Å². The fourth-order valence-electron chi connectivity index (χ4n) is 7.21. The van der Waals surface area contributed by atoms with Crippen LogP contribution in [0.2, 0.25) is 0 Å². The van der Waals surface area contributed by atoms with Gasteiger partial charge in [-0.05, 0) is 92.3 Å². The molecular weight excluding hydrogens is 260 g/mol. The lowest BCUT2D eigenvalue weighted by atomic mass is 9.45. The summed E-state index contributed by atoms with van der Waals surface area (Å²) in [5, 5.41) is 20.5. The molecule has 4 rings (SSSR count). The summed E-state index contributed by atoms with van der Waals surface area (Å²) in [7, 11) is 0. The van der Waals surface area contributed by atoms with Gasteiger partial charge in [0.25, 0.3) is 0 Å². The quantitative estimate of drug-likeness (QED) is 0.714. The molecule has 0 amide bonds. The summed E-state index contributed by atoms with van der Waals surface area (Å²) in [6.07, 6.45) is 10.7. The number of rotatable bonds is 0. The number of aliphatic hydroxyl groups is 2. The van der Waals surface area contributed by atoms with Gasteiger partial charge in [0.1, 0.15) is 0 Å². The first kappa shape index (κ1) is 14.5. The zero-order valence-corrected chi connectivity index (χ0v) is 13.7. The van der Waals surface area contributed by atoms with Crippen molar-refractivity contribution < 1.29 is 10.2 Å². The summed E-state index contributed by atoms with van der Waals surface area (Å²) in [6.45, 7) is 4.90. The molecule has 2 heteroatoms. The molecule has 120 valence electrons. The molecule has 4 fully saturated rings. The minimum Gasteiger partial charge on any atom is -0.393 e. The lowest BCUT2D eigenvalue weighted by Gasteiger charge is -2.60. The number of hydrogen-bond acceptors (Lipinski definition) is 2. The molecule has 4 aliphatic carbocycles. The average Bonchev–Trinajstić information content (AvgIpc) is 2.76. The lowest BCUT2D eigenvalue weighted by molar-refractivity contribution is -0.133. The third-order valence-electron chi connectivity index (χ3n) is 8.59. The van der Waals surface area contributed by atoms with Crippen LogP contribution in [0.4, 0.5) is 0 Å². The van der Waals surface area contributed by atoms with Crippen LogP contribution in [-0.2, 0) is 0 Å². The maximum atomic E-state index is 10.5. The highest BCUT2D eigenvalue weighted by molar-refractivity contribution is 5.09. The monoisotopic (exact) mass is 292 g/mol. The van der Waals surface area contributed by atoms with Crippen LogP contribution in [0, 0.1) is 34.5 Å². The van der Waals surface area contributed by atoms with E-state index in [1.54, 1.807) is 0 Å². The van der Waals surface area contributed by atoms with E-state index in [1.165, 1.54) is 38.5 Å². The normalized spacial score (nSPS) is 60.0. The van der Waals surface area contributed by atoms with Crippen LogP contribution >= 0.6 is 0 Å². The van der Waals surface area contributed by atoms with Crippen molar-refractivity contribution in [2.45, 2.75) is 83.8 Å². The molecule has 2 nitrogen and oxygen atoms in total. The van der Waals surface area contributed by atoms with Crippen molar-refractivity contribution in [1.29, 1.82) is 0 Å². The molecule has 0 aromatic rings. The van der Waals surface area contributed by atoms with Crippen molar-refractivity contribution in [2.75, 3.05) is 0 Å². The molecule has 4 aliphatic rings. The summed E-state index contributed by atoms with van der Waals surface area (Å²) in [5.41, 5.74) is 0.676. The second-order valence-electron chi connectivity index (χ2n) is 9.22. The maximum Gasteiger partial charge on any atom is 0.0596 e. The molecule has 0 aliphatic heterocycles. The van der Waals surface area contributed by atoms with Crippen molar-refractivity contribution in [3.63, 3.8) is 0 Å². The van der Waals surface area contributed by atoms with Crippen molar-refractivity contribution in [3.05, 3.63) is 0 Å². The van der Waals surface area contributed by atoms with Gasteiger partial charge in [-0.2, -0.15) is 0 Å². The van der Waals surface area contributed by atoms with Crippen LogP contribution in [-0.4, -0.2) is 22.4 Å². The second-order valence-corrected chi connectivity index (χ2v) is 9.22. The van der Waals surface area contributed by atoms with Crippen LogP contribution in [0.3, 0.4) is 0 Å². The average molecular weight is 292 g/mol. The first-order valence-electron chi connectivity index (χ1n) is 9.31. The van der Waals surface area contributed by atoms with E-state index in [2.05, 4.69) is 13.8 Å². The topological polar surface area (TPSA) is 40.5 Å². The van der Waals surface area contributed by atoms with Crippen LogP contribution in [0.1, 0.15) is 71.6 Å². The molecule has 0 spiro atoms. The van der Waals surface area contributed by atoms with Gasteiger partial charge >= 0.3 is 0 Å². The summed E-state index contributed by atoms with van der Waals surface area (Å²) < 4.78 is 0. The fourth-order valence-corrected chi connectivity index (χ4v) is 7.21. The molecule has 0 saturated heterocycles. The minimum absolute atomic E-state index is 0.0400.